The van der Waals surface area contributed by atoms with Gasteiger partial charge >= 0.3 is 6.09 Å². The average Bonchev–Trinajstić information content (AvgIpc) is 3.58. The van der Waals surface area contributed by atoms with Crippen molar-refractivity contribution >= 4 is 29.5 Å². The lowest BCUT2D eigenvalue weighted by Gasteiger charge is -2.35. The van der Waals surface area contributed by atoms with Crippen LogP contribution in [0, 0.1) is 5.92 Å². The van der Waals surface area contributed by atoms with E-state index < -0.39 is 6.09 Å². The van der Waals surface area contributed by atoms with Gasteiger partial charge in [-0.25, -0.2) is 19.8 Å². The van der Waals surface area contributed by atoms with Crippen molar-refractivity contribution in [2.45, 2.75) is 76.5 Å². The van der Waals surface area contributed by atoms with Crippen LogP contribution in [0.15, 0.2) is 24.8 Å². The first-order valence-corrected chi connectivity index (χ1v) is 14.7. The van der Waals surface area contributed by atoms with Crippen LogP contribution in [0.2, 0.25) is 5.02 Å². The molecule has 0 unspecified atom stereocenters. The standard InChI is InChI=1S/C28H38ClN9O4/c1-35-24(12-18-4-5-18)22(14-31-35)26-23(29)15-30-27(34-26)33-20-6-8-21(9-7-20)38(28(40)41)17-19-13-32-37(16-19)11-10-25(39)36(2)42-3/h13-16,18,20-21H,4-12,17H2,1-3H3,(H,40,41)(H,30,33,34)/t20-,21-. The first-order valence-electron chi connectivity index (χ1n) is 14.3. The van der Waals surface area contributed by atoms with Crippen LogP contribution in [0.3, 0.4) is 0 Å². The number of hydrogen-bond acceptors (Lipinski definition) is 8. The predicted octanol–water partition coefficient (Wildman–Crippen LogP) is 3.99. The minimum atomic E-state index is -0.958. The van der Waals surface area contributed by atoms with Crippen LogP contribution in [-0.4, -0.2) is 82.8 Å². The number of carbonyl (C=O) groups excluding carboxylic acids is 1. The molecule has 2 amide bonds. The van der Waals surface area contributed by atoms with Gasteiger partial charge in [0.2, 0.25) is 11.9 Å². The second-order valence-corrected chi connectivity index (χ2v) is 11.6. The van der Waals surface area contributed by atoms with Crippen LogP contribution >= 0.6 is 11.6 Å². The molecule has 2 fully saturated rings. The van der Waals surface area contributed by atoms with Crippen molar-refractivity contribution in [1.29, 1.82) is 0 Å². The van der Waals surface area contributed by atoms with Crippen molar-refractivity contribution in [3.05, 3.63) is 41.1 Å². The molecule has 0 aromatic carbocycles. The molecular weight excluding hydrogens is 562 g/mol. The number of aryl methyl sites for hydroxylation is 2. The highest BCUT2D eigenvalue weighted by molar-refractivity contribution is 6.33. The minimum Gasteiger partial charge on any atom is -0.465 e. The normalized spacial score (nSPS) is 18.6. The zero-order chi connectivity index (χ0) is 29.8. The summed E-state index contributed by atoms with van der Waals surface area (Å²) in [6, 6.07) is 0.0131. The summed E-state index contributed by atoms with van der Waals surface area (Å²) < 4.78 is 3.56. The minimum absolute atomic E-state index is 0.108. The number of carbonyl (C=O) groups is 2. The second kappa shape index (κ2) is 13.1. The lowest BCUT2D eigenvalue weighted by atomic mass is 9.90. The van der Waals surface area contributed by atoms with Gasteiger partial charge in [-0.2, -0.15) is 10.2 Å². The van der Waals surface area contributed by atoms with E-state index in [1.807, 2.05) is 17.9 Å². The molecule has 3 aromatic rings. The highest BCUT2D eigenvalue weighted by atomic mass is 35.5. The van der Waals surface area contributed by atoms with Crippen LogP contribution < -0.4 is 5.32 Å². The molecule has 14 heteroatoms. The maximum absolute atomic E-state index is 12.2. The van der Waals surface area contributed by atoms with Crippen LogP contribution in [0.4, 0.5) is 10.7 Å². The van der Waals surface area contributed by atoms with E-state index in [2.05, 4.69) is 20.5 Å². The largest absolute Gasteiger partial charge is 0.465 e. The Morgan fingerprint density at radius 3 is 2.60 bits per heavy atom. The zero-order valence-corrected chi connectivity index (χ0v) is 25.0. The molecule has 0 aliphatic heterocycles. The molecule has 0 saturated heterocycles. The van der Waals surface area contributed by atoms with Crippen LogP contribution in [0.25, 0.3) is 11.3 Å². The van der Waals surface area contributed by atoms with Crippen LogP contribution in [0.1, 0.15) is 56.2 Å². The first kappa shape index (κ1) is 29.8. The fourth-order valence-corrected chi connectivity index (χ4v) is 5.66. The Morgan fingerprint density at radius 2 is 1.90 bits per heavy atom. The summed E-state index contributed by atoms with van der Waals surface area (Å²) in [5, 5.41) is 23.8. The number of aromatic nitrogens is 6. The van der Waals surface area contributed by atoms with E-state index in [0.29, 0.717) is 42.0 Å². The Morgan fingerprint density at radius 1 is 1.14 bits per heavy atom. The number of nitrogens with one attached hydrogen (secondary N) is 1. The van der Waals surface area contributed by atoms with Gasteiger partial charge in [0.05, 0.1) is 43.0 Å². The number of amides is 2. The van der Waals surface area contributed by atoms with Gasteiger partial charge in [-0.05, 0) is 50.9 Å². The van der Waals surface area contributed by atoms with Gasteiger partial charge in [0.1, 0.15) is 0 Å². The van der Waals surface area contributed by atoms with E-state index in [0.717, 1.165) is 36.1 Å². The zero-order valence-electron chi connectivity index (χ0n) is 24.2. The highest BCUT2D eigenvalue weighted by Crippen LogP contribution is 2.37. The molecular formula is C28H38ClN9O4. The number of hydrogen-bond donors (Lipinski definition) is 2. The Labute approximate surface area is 249 Å². The fraction of sp³-hybridized carbons (Fsp3) is 0.571. The third kappa shape index (κ3) is 7.19. The van der Waals surface area contributed by atoms with Crippen molar-refractivity contribution in [2.24, 2.45) is 13.0 Å². The van der Waals surface area contributed by atoms with Crippen LogP contribution in [-0.2, 0) is 36.2 Å². The fourth-order valence-electron chi connectivity index (χ4n) is 5.47. The van der Waals surface area contributed by atoms with Gasteiger partial charge in [0.15, 0.2) is 0 Å². The number of anilines is 1. The van der Waals surface area contributed by atoms with Crippen molar-refractivity contribution in [2.75, 3.05) is 19.5 Å². The molecule has 3 heterocycles. The molecule has 5 rings (SSSR count). The number of rotatable bonds is 12. The van der Waals surface area contributed by atoms with Gasteiger partial charge in [-0.1, -0.05) is 11.6 Å². The number of hydroxylamine groups is 2. The maximum atomic E-state index is 12.2. The third-order valence-electron chi connectivity index (χ3n) is 8.18. The Balaban J connectivity index is 1.16. The quantitative estimate of drug-likeness (QED) is 0.295. The summed E-state index contributed by atoms with van der Waals surface area (Å²) in [6.07, 6.45) is 12.6. The SMILES string of the molecule is CON(C)C(=O)CCn1cc(CN(C(=O)O)[C@H]2CC[C@H](Nc3ncc(Cl)c(-c4cnn(C)c4CC4CC4)n3)CC2)cn1. The summed E-state index contributed by atoms with van der Waals surface area (Å²) >= 11 is 6.53. The molecule has 0 radical (unpaired) electrons. The highest BCUT2D eigenvalue weighted by Gasteiger charge is 2.30. The van der Waals surface area contributed by atoms with Gasteiger partial charge in [-0.15, -0.1) is 0 Å². The summed E-state index contributed by atoms with van der Waals surface area (Å²) in [4.78, 5) is 39.7. The molecule has 0 bridgehead atoms. The number of nitrogens with zero attached hydrogens (tertiary/aromatic N) is 8. The first-order chi connectivity index (χ1) is 20.2. The lowest BCUT2D eigenvalue weighted by Crippen LogP contribution is -2.43. The van der Waals surface area contributed by atoms with E-state index in [1.54, 1.807) is 30.3 Å². The van der Waals surface area contributed by atoms with Crippen molar-refractivity contribution in [3.8, 4) is 11.3 Å². The summed E-state index contributed by atoms with van der Waals surface area (Å²) in [5.41, 5.74) is 3.54. The summed E-state index contributed by atoms with van der Waals surface area (Å²) in [5.74, 6) is 1.05. The lowest BCUT2D eigenvalue weighted by molar-refractivity contribution is -0.168. The molecule has 2 saturated carbocycles. The topological polar surface area (TPSA) is 144 Å². The van der Waals surface area contributed by atoms with Crippen molar-refractivity contribution < 1.29 is 19.5 Å². The van der Waals surface area contributed by atoms with Gasteiger partial charge in [0.25, 0.3) is 0 Å². The monoisotopic (exact) mass is 599 g/mol. The van der Waals surface area contributed by atoms with Gasteiger partial charge in [-0.3, -0.25) is 19.0 Å². The second-order valence-electron chi connectivity index (χ2n) is 11.2. The molecule has 42 heavy (non-hydrogen) atoms. The van der Waals surface area contributed by atoms with E-state index in [1.165, 1.54) is 29.9 Å². The molecule has 0 atom stereocenters. The van der Waals surface area contributed by atoms with Crippen molar-refractivity contribution in [1.82, 2.24) is 39.5 Å². The summed E-state index contributed by atoms with van der Waals surface area (Å²) in [7, 11) is 4.94. The predicted molar refractivity (Wildman–Crippen MR) is 156 cm³/mol. The molecule has 3 aromatic heterocycles. The average molecular weight is 600 g/mol. The van der Waals surface area contributed by atoms with Gasteiger partial charge < -0.3 is 15.3 Å². The Bertz CT molecular complexity index is 1400. The molecule has 226 valence electrons. The molecule has 2 N–H and O–H groups in total. The third-order valence-corrected chi connectivity index (χ3v) is 8.45. The molecule has 2 aliphatic rings. The smallest absolute Gasteiger partial charge is 0.407 e. The maximum Gasteiger partial charge on any atom is 0.407 e. The van der Waals surface area contributed by atoms with E-state index in [9.17, 15) is 14.7 Å². The Kier molecular flexibility index (Phi) is 9.27. The molecule has 2 aliphatic carbocycles. The molecule has 13 nitrogen and oxygen atoms in total. The van der Waals surface area contributed by atoms with Crippen molar-refractivity contribution in [3.63, 3.8) is 0 Å². The Hall–Kier alpha value is -3.71. The van der Waals surface area contributed by atoms with Gasteiger partial charge in [0, 0.05) is 62.2 Å². The van der Waals surface area contributed by atoms with Crippen LogP contribution in [0.5, 0.6) is 0 Å². The summed E-state index contributed by atoms with van der Waals surface area (Å²) in [6.45, 7) is 0.620. The van der Waals surface area contributed by atoms with E-state index in [-0.39, 0.29) is 31.0 Å². The number of halogens is 1. The van der Waals surface area contributed by atoms with E-state index in [4.69, 9.17) is 21.4 Å². The number of carboxylic acid groups (broad SMARTS) is 1. The van der Waals surface area contributed by atoms with E-state index >= 15 is 0 Å². The molecule has 0 spiro atoms.